The minimum atomic E-state index is 0.969. The first-order valence-corrected chi connectivity index (χ1v) is 8.81. The third-order valence-electron chi connectivity index (χ3n) is 4.80. The minimum Gasteiger partial charge on any atom is -0.405 e. The largest absolute Gasteiger partial charge is 0.405 e. The molecule has 0 spiro atoms. The molecule has 2 aliphatic carbocycles. The molecule has 2 aromatic carbocycles. The van der Waals surface area contributed by atoms with Gasteiger partial charge in [0.15, 0.2) is 0 Å². The van der Waals surface area contributed by atoms with Gasteiger partial charge in [-0.2, -0.15) is 0 Å². The summed E-state index contributed by atoms with van der Waals surface area (Å²) in [6, 6.07) is 13.8. The van der Waals surface area contributed by atoms with E-state index in [0.29, 0.717) is 0 Å². The molecule has 0 amide bonds. The normalized spacial score (nSPS) is 14.5. The van der Waals surface area contributed by atoms with Gasteiger partial charge in [0.05, 0.1) is 0 Å². The summed E-state index contributed by atoms with van der Waals surface area (Å²) in [7, 11) is 1.42. The first-order chi connectivity index (χ1) is 12.2. The molecule has 0 aromatic heterocycles. The molecule has 0 radical (unpaired) electrons. The number of nitrogens with zero attached hydrogens (tertiary/aromatic N) is 1. The lowest BCUT2D eigenvalue weighted by Gasteiger charge is -2.09. The van der Waals surface area contributed by atoms with Crippen molar-refractivity contribution >= 4 is 5.57 Å². The van der Waals surface area contributed by atoms with Crippen LogP contribution in [0.2, 0.25) is 0 Å². The molecule has 0 saturated heterocycles. The van der Waals surface area contributed by atoms with Gasteiger partial charge in [-0.1, -0.05) is 42.5 Å². The number of hydrogen-bond donors (Lipinski definition) is 2. The number of rotatable bonds is 4. The molecule has 3 nitrogen and oxygen atoms in total. The van der Waals surface area contributed by atoms with Crippen molar-refractivity contribution < 1.29 is 0 Å². The highest BCUT2D eigenvalue weighted by atomic mass is 14.9. The molecular weight excluding hydrogens is 306 g/mol. The summed E-state index contributed by atoms with van der Waals surface area (Å²) in [5.41, 5.74) is 21.5. The maximum Gasteiger partial charge on any atom is 0.0485 e. The third kappa shape index (κ3) is 4.24. The number of fused-ring (bicyclic) bond motifs is 2. The minimum absolute atomic E-state index is 0.969. The van der Waals surface area contributed by atoms with Crippen LogP contribution in [-0.4, -0.2) is 7.05 Å². The summed E-state index contributed by atoms with van der Waals surface area (Å²) >= 11 is 0. The molecule has 128 valence electrons. The highest BCUT2D eigenvalue weighted by Gasteiger charge is 2.17. The van der Waals surface area contributed by atoms with Gasteiger partial charge in [-0.05, 0) is 83.3 Å². The van der Waals surface area contributed by atoms with Crippen LogP contribution in [-0.2, 0) is 25.7 Å². The van der Waals surface area contributed by atoms with E-state index < -0.39 is 0 Å². The maximum atomic E-state index is 5.83. The second-order valence-electron chi connectivity index (χ2n) is 6.59. The van der Waals surface area contributed by atoms with Crippen LogP contribution in [0.3, 0.4) is 0 Å². The van der Waals surface area contributed by atoms with Gasteiger partial charge in [-0.25, -0.2) is 10.6 Å². The van der Waals surface area contributed by atoms with Gasteiger partial charge in [0.25, 0.3) is 0 Å². The van der Waals surface area contributed by atoms with E-state index in [9.17, 15) is 0 Å². The Hall–Kier alpha value is -2.68. The van der Waals surface area contributed by atoms with Crippen molar-refractivity contribution in [1.29, 1.82) is 5.53 Å². The Morgan fingerprint density at radius 2 is 1.84 bits per heavy atom. The zero-order chi connectivity index (χ0) is 17.6. The number of allylic oxidation sites excluding steroid dienone is 3. The molecule has 4 rings (SSSR count). The lowest BCUT2D eigenvalue weighted by molar-refractivity contribution is 0.911. The molecule has 0 bridgehead atoms. The zero-order valence-electron chi connectivity index (χ0n) is 14.8. The van der Waals surface area contributed by atoms with Gasteiger partial charge in [0.1, 0.15) is 0 Å². The second-order valence-corrected chi connectivity index (χ2v) is 6.59. The van der Waals surface area contributed by atoms with Gasteiger partial charge in [0.2, 0.25) is 0 Å². The van der Waals surface area contributed by atoms with E-state index in [1.54, 1.807) is 17.3 Å². The van der Waals surface area contributed by atoms with Crippen LogP contribution < -0.4 is 5.73 Å². The highest BCUT2D eigenvalue weighted by molar-refractivity contribution is 5.71. The summed E-state index contributed by atoms with van der Waals surface area (Å²) in [6.07, 6.45) is 11.6. The fraction of sp³-hybridized carbons (Fsp3) is 0.273. The van der Waals surface area contributed by atoms with Crippen molar-refractivity contribution in [2.75, 3.05) is 7.05 Å². The van der Waals surface area contributed by atoms with Crippen molar-refractivity contribution in [2.24, 2.45) is 10.8 Å². The van der Waals surface area contributed by atoms with Gasteiger partial charge in [-0.15, -0.1) is 0 Å². The summed E-state index contributed by atoms with van der Waals surface area (Å²) in [6.45, 7) is 0. The fourth-order valence-electron chi connectivity index (χ4n) is 3.48. The van der Waals surface area contributed by atoms with Crippen LogP contribution in [0.1, 0.15) is 39.8 Å². The fourth-order valence-corrected chi connectivity index (χ4v) is 3.48. The molecule has 0 saturated carbocycles. The Morgan fingerprint density at radius 3 is 2.60 bits per heavy atom. The predicted octanol–water partition coefficient (Wildman–Crippen LogP) is 4.83. The van der Waals surface area contributed by atoms with E-state index in [0.717, 1.165) is 6.42 Å². The summed E-state index contributed by atoms with van der Waals surface area (Å²) in [5.74, 6) is 0. The molecule has 3 N–H and O–H groups in total. The Labute approximate surface area is 149 Å². The number of benzene rings is 2. The molecule has 0 atom stereocenters. The number of hydrogen-bond acceptors (Lipinski definition) is 3. The lowest BCUT2D eigenvalue weighted by atomic mass is 9.96. The summed E-state index contributed by atoms with van der Waals surface area (Å²) in [4.78, 5) is 0. The molecule has 2 aromatic rings. The zero-order valence-corrected chi connectivity index (χ0v) is 14.8. The van der Waals surface area contributed by atoms with E-state index in [2.05, 4.69) is 47.6 Å². The first-order valence-electron chi connectivity index (χ1n) is 8.81. The number of nitrogens with two attached hydrogens (primary N) is 1. The average molecular weight is 331 g/mol. The summed E-state index contributed by atoms with van der Waals surface area (Å²) in [5, 5.41) is 2.75. The van der Waals surface area contributed by atoms with Crippen molar-refractivity contribution in [3.05, 3.63) is 88.1 Å². The molecule has 0 heterocycles. The van der Waals surface area contributed by atoms with Crippen LogP contribution >= 0.6 is 0 Å². The van der Waals surface area contributed by atoms with Crippen molar-refractivity contribution in [3.63, 3.8) is 0 Å². The number of nitrogens with one attached hydrogen (secondary N) is 1. The smallest absolute Gasteiger partial charge is 0.0485 e. The van der Waals surface area contributed by atoms with E-state index in [4.69, 9.17) is 11.3 Å². The predicted molar refractivity (Wildman–Crippen MR) is 104 cm³/mol. The van der Waals surface area contributed by atoms with Gasteiger partial charge in [-0.3, -0.25) is 0 Å². The van der Waals surface area contributed by atoms with Gasteiger partial charge in [0, 0.05) is 7.05 Å². The Bertz CT molecular complexity index is 831. The van der Waals surface area contributed by atoms with Crippen LogP contribution in [0.4, 0.5) is 0 Å². The lowest BCUT2D eigenvalue weighted by Crippen LogP contribution is -1.93. The van der Waals surface area contributed by atoms with Crippen LogP contribution in [0.25, 0.3) is 5.57 Å². The van der Waals surface area contributed by atoms with Crippen molar-refractivity contribution in [1.82, 2.24) is 0 Å². The van der Waals surface area contributed by atoms with E-state index >= 15 is 0 Å². The topological polar surface area (TPSA) is 62.2 Å². The molecule has 0 aliphatic heterocycles. The molecule has 0 unspecified atom stereocenters. The summed E-state index contributed by atoms with van der Waals surface area (Å²) < 4.78 is 0. The molecule has 0 fully saturated rings. The molecule has 3 heteroatoms. The standard InChI is InChI=1S/C21H21N.CH4N2/c22-10-2-5-18(19-8-9-20-14-21(20)13-19)12-15-6-7-16-3-1-4-17(16)11-15;1-3-2/h2,5-11,13H,1,3-4,12,14,22H2;2H,1H3/b10-2-,18-5+;. The average Bonchev–Trinajstić information content (AvgIpc) is 3.25. The molecule has 25 heavy (non-hydrogen) atoms. The monoisotopic (exact) mass is 331 g/mol. The van der Waals surface area contributed by atoms with Crippen molar-refractivity contribution in [3.8, 4) is 0 Å². The Morgan fingerprint density at radius 1 is 1.08 bits per heavy atom. The van der Waals surface area contributed by atoms with Crippen LogP contribution in [0.5, 0.6) is 0 Å². The van der Waals surface area contributed by atoms with E-state index in [-0.39, 0.29) is 0 Å². The number of aryl methyl sites for hydroxylation is 2. The van der Waals surface area contributed by atoms with Crippen LogP contribution in [0.15, 0.2) is 59.9 Å². The maximum absolute atomic E-state index is 5.83. The van der Waals surface area contributed by atoms with Crippen LogP contribution in [0, 0.1) is 5.53 Å². The highest BCUT2D eigenvalue weighted by Crippen LogP contribution is 2.32. The first kappa shape index (κ1) is 17.2. The second kappa shape index (κ2) is 7.93. The van der Waals surface area contributed by atoms with E-state index in [1.807, 2.05) is 6.08 Å². The van der Waals surface area contributed by atoms with Gasteiger partial charge < -0.3 is 5.73 Å². The Kier molecular flexibility index (Phi) is 5.44. The third-order valence-corrected chi connectivity index (χ3v) is 4.80. The van der Waals surface area contributed by atoms with E-state index in [1.165, 1.54) is 60.6 Å². The van der Waals surface area contributed by atoms with Crippen molar-refractivity contribution in [2.45, 2.75) is 32.1 Å². The SMILES string of the molecule is CN=N.N/C=C\C=C(/Cc1ccc2c(c1)CCC2)c1ccc2c(c1)C2. The quantitative estimate of drug-likeness (QED) is 0.522. The molecule has 2 aliphatic rings. The Balaban J connectivity index is 0.000000569. The van der Waals surface area contributed by atoms with Gasteiger partial charge >= 0.3 is 0 Å². The molecular formula is C22H25N3.